The molecule has 0 aliphatic heterocycles. The van der Waals surface area contributed by atoms with Crippen LogP contribution in [0, 0.1) is 46.5 Å². The fourth-order valence-corrected chi connectivity index (χ4v) is 2.32. The van der Waals surface area contributed by atoms with E-state index in [0.29, 0.717) is 0 Å². The predicted molar refractivity (Wildman–Crippen MR) is 65.9 cm³/mol. The van der Waals surface area contributed by atoms with E-state index in [4.69, 9.17) is 0 Å². The van der Waals surface area contributed by atoms with E-state index in [1.54, 1.807) is 0 Å². The molecular formula is C12H6F5I. The predicted octanol–water partition coefficient (Wildman–Crippen LogP) is 4.76. The molecule has 18 heavy (non-hydrogen) atoms. The van der Waals surface area contributed by atoms with E-state index in [0.717, 1.165) is 0 Å². The van der Waals surface area contributed by atoms with E-state index in [1.807, 2.05) is 0 Å². The largest absolute Gasteiger partial charge is 0.205 e. The van der Waals surface area contributed by atoms with E-state index in [9.17, 15) is 22.0 Å². The van der Waals surface area contributed by atoms with Crippen molar-refractivity contribution >= 4 is 33.4 Å². The molecule has 0 radical (unpaired) electrons. The van der Waals surface area contributed by atoms with Gasteiger partial charge in [-0.25, -0.2) is 22.0 Å². The molecule has 0 atom stereocenters. The summed E-state index contributed by atoms with van der Waals surface area (Å²) in [6.45, 7) is 2.51. The molecule has 6 heteroatoms. The van der Waals surface area contributed by atoms with E-state index in [-0.39, 0.29) is 11.1 Å². The summed E-state index contributed by atoms with van der Waals surface area (Å²) in [6, 6.07) is 0. The molecule has 0 saturated carbocycles. The van der Waals surface area contributed by atoms with Crippen LogP contribution in [0.5, 0.6) is 0 Å². The second-order valence-corrected chi connectivity index (χ2v) is 4.96. The fraction of sp³-hybridized carbons (Fsp3) is 0.167. The van der Waals surface area contributed by atoms with Gasteiger partial charge in [-0.3, -0.25) is 0 Å². The Morgan fingerprint density at radius 2 is 1.11 bits per heavy atom. The van der Waals surface area contributed by atoms with Gasteiger partial charge >= 0.3 is 0 Å². The molecule has 2 rings (SSSR count). The molecule has 2 aromatic carbocycles. The second-order valence-electron chi connectivity index (χ2n) is 3.88. The van der Waals surface area contributed by atoms with E-state index >= 15 is 0 Å². The van der Waals surface area contributed by atoms with Crippen molar-refractivity contribution in [2.45, 2.75) is 13.8 Å². The molecule has 0 bridgehead atoms. The molecule has 0 nitrogen and oxygen atoms in total. The zero-order valence-electron chi connectivity index (χ0n) is 9.27. The highest BCUT2D eigenvalue weighted by molar-refractivity contribution is 14.1. The lowest BCUT2D eigenvalue weighted by Crippen LogP contribution is -2.04. The van der Waals surface area contributed by atoms with Crippen molar-refractivity contribution in [3.63, 3.8) is 0 Å². The second kappa shape index (κ2) is 4.32. The summed E-state index contributed by atoms with van der Waals surface area (Å²) in [4.78, 5) is 0. The summed E-state index contributed by atoms with van der Waals surface area (Å²) in [5.74, 6) is -6.79. The average Bonchev–Trinajstić information content (AvgIpc) is 2.35. The summed E-state index contributed by atoms with van der Waals surface area (Å²) >= 11 is 1.21. The van der Waals surface area contributed by atoms with Crippen LogP contribution in [0.4, 0.5) is 22.0 Å². The van der Waals surface area contributed by atoms with E-state index in [1.165, 1.54) is 36.4 Å². The van der Waals surface area contributed by atoms with Gasteiger partial charge in [-0.1, -0.05) is 0 Å². The molecule has 0 heterocycles. The first-order valence-corrected chi connectivity index (χ1v) is 5.96. The molecule has 0 saturated heterocycles. The summed E-state index contributed by atoms with van der Waals surface area (Å²) < 4.78 is 67.4. The standard InChI is InChI=1S/C12H6F5I/c1-3-4(2)7(13)9(15)6-5(3)8(14)11(17)12(18)10(6)16/h1-2H3. The molecule has 0 aliphatic carbocycles. The number of hydrogen-bond donors (Lipinski definition) is 0. The zero-order chi connectivity index (χ0) is 13.8. The van der Waals surface area contributed by atoms with Gasteiger partial charge in [-0.05, 0) is 47.6 Å². The third kappa shape index (κ3) is 1.61. The first kappa shape index (κ1) is 13.5. The highest BCUT2D eigenvalue weighted by Gasteiger charge is 2.26. The number of aryl methyl sites for hydroxylation is 1. The van der Waals surface area contributed by atoms with Crippen LogP contribution in [0.2, 0.25) is 0 Å². The molecule has 0 aliphatic rings. The Balaban J connectivity index is 3.22. The summed E-state index contributed by atoms with van der Waals surface area (Å²) in [6.07, 6.45) is 0. The third-order valence-corrected chi connectivity index (χ3v) is 3.89. The maximum Gasteiger partial charge on any atom is 0.175 e. The van der Waals surface area contributed by atoms with Crippen molar-refractivity contribution in [3.8, 4) is 0 Å². The van der Waals surface area contributed by atoms with Gasteiger partial charge in [0.25, 0.3) is 0 Å². The number of hydrogen-bond acceptors (Lipinski definition) is 0. The van der Waals surface area contributed by atoms with Gasteiger partial charge in [0.15, 0.2) is 29.1 Å². The number of rotatable bonds is 0. The Morgan fingerprint density at radius 3 is 1.67 bits per heavy atom. The molecule has 0 aromatic heterocycles. The van der Waals surface area contributed by atoms with Gasteiger partial charge in [-0.2, -0.15) is 0 Å². The summed E-state index contributed by atoms with van der Waals surface area (Å²) in [5, 5.41) is -1.40. The van der Waals surface area contributed by atoms with Crippen LogP contribution in [-0.4, -0.2) is 0 Å². The van der Waals surface area contributed by atoms with Crippen LogP contribution in [0.15, 0.2) is 0 Å². The summed E-state index contributed by atoms with van der Waals surface area (Å²) in [7, 11) is 0. The Kier molecular flexibility index (Phi) is 3.25. The van der Waals surface area contributed by atoms with Crippen LogP contribution in [0.3, 0.4) is 0 Å². The van der Waals surface area contributed by atoms with Crippen LogP contribution in [-0.2, 0) is 0 Å². The Bertz CT molecular complexity index is 565. The molecule has 96 valence electrons. The third-order valence-electron chi connectivity index (χ3n) is 2.95. The molecule has 0 spiro atoms. The van der Waals surface area contributed by atoms with Crippen molar-refractivity contribution < 1.29 is 22.0 Å². The molecule has 2 aromatic rings. The first-order valence-electron chi connectivity index (χ1n) is 4.88. The van der Waals surface area contributed by atoms with Crippen molar-refractivity contribution in [3.05, 3.63) is 43.8 Å². The van der Waals surface area contributed by atoms with Gasteiger partial charge in [0.05, 0.1) is 8.96 Å². The molecule has 0 unspecified atom stereocenters. The smallest absolute Gasteiger partial charge is 0.175 e. The Labute approximate surface area is 113 Å². The van der Waals surface area contributed by atoms with E-state index in [2.05, 4.69) is 0 Å². The zero-order valence-corrected chi connectivity index (χ0v) is 11.4. The number of fused-ring (bicyclic) bond motifs is 1. The highest BCUT2D eigenvalue weighted by atomic mass is 127. The number of benzene rings is 2. The minimum Gasteiger partial charge on any atom is -0.205 e. The lowest BCUT2D eigenvalue weighted by molar-refractivity contribution is 0.484. The maximum atomic E-state index is 13.8. The van der Waals surface area contributed by atoms with Gasteiger partial charge in [-0.15, -0.1) is 0 Å². The minimum atomic E-state index is -1.50. The van der Waals surface area contributed by atoms with Crippen LogP contribution in [0.1, 0.15) is 11.1 Å². The van der Waals surface area contributed by atoms with Crippen LogP contribution < -0.4 is 0 Å². The lowest BCUT2D eigenvalue weighted by Gasteiger charge is -2.12. The average molecular weight is 372 g/mol. The van der Waals surface area contributed by atoms with Crippen LogP contribution >= 0.6 is 22.6 Å². The molecule has 0 amide bonds. The van der Waals surface area contributed by atoms with Crippen molar-refractivity contribution in [1.29, 1.82) is 0 Å². The quantitative estimate of drug-likeness (QED) is 0.271. The van der Waals surface area contributed by atoms with Crippen molar-refractivity contribution in [1.82, 2.24) is 0 Å². The summed E-state index contributed by atoms with van der Waals surface area (Å²) in [5.41, 5.74) is -0.186. The van der Waals surface area contributed by atoms with Gasteiger partial charge < -0.3 is 0 Å². The van der Waals surface area contributed by atoms with Gasteiger partial charge in [0.2, 0.25) is 0 Å². The van der Waals surface area contributed by atoms with Crippen molar-refractivity contribution in [2.24, 2.45) is 0 Å². The van der Waals surface area contributed by atoms with Crippen LogP contribution in [0.25, 0.3) is 10.8 Å². The highest BCUT2D eigenvalue weighted by Crippen LogP contribution is 2.35. The minimum absolute atomic E-state index is 0.0180. The topological polar surface area (TPSA) is 0 Å². The molecular weight excluding hydrogens is 366 g/mol. The normalized spacial score (nSPS) is 11.3. The first-order chi connectivity index (χ1) is 8.29. The molecule has 0 N–H and O–H groups in total. The Morgan fingerprint density at radius 1 is 0.611 bits per heavy atom. The SMILES string of the molecule is Cc1c(F)c(F)c2c(F)c(I)c(F)c(F)c2c1C. The van der Waals surface area contributed by atoms with Gasteiger partial charge in [0, 0.05) is 5.39 Å². The maximum absolute atomic E-state index is 13.8. The van der Waals surface area contributed by atoms with Crippen molar-refractivity contribution in [2.75, 3.05) is 0 Å². The monoisotopic (exact) mass is 372 g/mol. The Hall–Kier alpha value is -0.920. The van der Waals surface area contributed by atoms with Gasteiger partial charge in [0.1, 0.15) is 0 Å². The number of halogens is 6. The van der Waals surface area contributed by atoms with E-state index < -0.39 is 43.4 Å². The lowest BCUT2D eigenvalue weighted by atomic mass is 9.98. The molecule has 0 fully saturated rings. The fourth-order valence-electron chi connectivity index (χ4n) is 1.82.